The number of carbonyl (C=O) groups is 1. The normalized spacial score (nSPS) is 19.9. The van der Waals surface area contributed by atoms with Gasteiger partial charge in [-0.1, -0.05) is 19.1 Å². The molecule has 1 aliphatic rings. The Morgan fingerprint density at radius 1 is 1.32 bits per heavy atom. The Bertz CT molecular complexity index is 822. The van der Waals surface area contributed by atoms with Gasteiger partial charge in [0.25, 0.3) is 0 Å². The maximum absolute atomic E-state index is 12.9. The molecule has 1 aromatic rings. The van der Waals surface area contributed by atoms with Crippen molar-refractivity contribution >= 4 is 25.8 Å². The molecule has 2 rings (SSSR count). The van der Waals surface area contributed by atoms with Crippen LogP contribution in [0.1, 0.15) is 18.9 Å². The van der Waals surface area contributed by atoms with Crippen molar-refractivity contribution in [1.82, 2.24) is 9.62 Å². The van der Waals surface area contributed by atoms with Crippen molar-refractivity contribution < 1.29 is 26.0 Å². The van der Waals surface area contributed by atoms with Crippen molar-refractivity contribution in [3.8, 4) is 0 Å². The fraction of sp³-hybridized carbons (Fsp3) is 0.533. The van der Waals surface area contributed by atoms with Gasteiger partial charge in [0.2, 0.25) is 15.9 Å². The van der Waals surface area contributed by atoms with Crippen LogP contribution in [0.15, 0.2) is 24.3 Å². The summed E-state index contributed by atoms with van der Waals surface area (Å²) in [7, 11) is -6.88. The van der Waals surface area contributed by atoms with E-state index in [2.05, 4.69) is 5.32 Å². The van der Waals surface area contributed by atoms with Crippen LogP contribution in [0.5, 0.6) is 0 Å². The number of halogens is 1. The topological polar surface area (TPSA) is 101 Å². The molecule has 25 heavy (non-hydrogen) atoms. The number of hydrogen-bond donors (Lipinski definition) is 1. The van der Waals surface area contributed by atoms with Gasteiger partial charge in [0, 0.05) is 12.6 Å². The first-order valence-corrected chi connectivity index (χ1v) is 11.3. The summed E-state index contributed by atoms with van der Waals surface area (Å²) >= 11 is 0. The number of nitrogens with zero attached hydrogens (tertiary/aromatic N) is 1. The number of rotatable bonds is 7. The van der Waals surface area contributed by atoms with Crippen LogP contribution in [0, 0.1) is 5.82 Å². The van der Waals surface area contributed by atoms with E-state index >= 15 is 0 Å². The summed E-state index contributed by atoms with van der Waals surface area (Å²) in [6, 6.07) is 4.63. The number of sulfonamides is 1. The molecule has 1 amide bonds. The summed E-state index contributed by atoms with van der Waals surface area (Å²) in [6.07, 6.45) is 0.336. The van der Waals surface area contributed by atoms with Gasteiger partial charge in [-0.05, 0) is 24.1 Å². The highest BCUT2D eigenvalue weighted by Gasteiger charge is 2.30. The van der Waals surface area contributed by atoms with Crippen LogP contribution in [-0.2, 0) is 30.4 Å². The number of sulfone groups is 1. The number of carbonyl (C=O) groups excluding carboxylic acids is 1. The Labute approximate surface area is 147 Å². The highest BCUT2D eigenvalue weighted by molar-refractivity contribution is 7.91. The van der Waals surface area contributed by atoms with Crippen molar-refractivity contribution in [3.05, 3.63) is 35.6 Å². The molecule has 0 aromatic heterocycles. The fourth-order valence-electron chi connectivity index (χ4n) is 2.63. The molecule has 0 spiro atoms. The molecular formula is C15H21FN2O5S2. The Morgan fingerprint density at radius 3 is 2.48 bits per heavy atom. The quantitative estimate of drug-likeness (QED) is 0.718. The standard InChI is InChI=1S/C15H21FN2O5S2/c1-2-18(9-15(19)17-14-7-8-24(20,21)11-14)25(22,23)10-12-3-5-13(16)6-4-12/h3-6,14H,2,7-11H2,1H3,(H,17,19)/t14-/m0/s1. The summed E-state index contributed by atoms with van der Waals surface area (Å²) < 4.78 is 61.6. The zero-order valence-corrected chi connectivity index (χ0v) is 15.4. The molecular weight excluding hydrogens is 371 g/mol. The second kappa shape index (κ2) is 7.79. The van der Waals surface area contributed by atoms with Crippen LogP contribution in [-0.4, -0.2) is 57.7 Å². The molecule has 1 atom stereocenters. The Morgan fingerprint density at radius 2 is 1.96 bits per heavy atom. The van der Waals surface area contributed by atoms with Crippen molar-refractivity contribution in [2.75, 3.05) is 24.6 Å². The minimum Gasteiger partial charge on any atom is -0.351 e. The van der Waals surface area contributed by atoms with E-state index in [-0.39, 0.29) is 30.3 Å². The molecule has 0 saturated carbocycles. The van der Waals surface area contributed by atoms with Gasteiger partial charge in [0.1, 0.15) is 5.82 Å². The fourth-order valence-corrected chi connectivity index (χ4v) is 5.81. The second-order valence-electron chi connectivity index (χ2n) is 5.98. The smallest absolute Gasteiger partial charge is 0.235 e. The summed E-state index contributed by atoms with van der Waals surface area (Å²) in [6.45, 7) is 1.33. The van der Waals surface area contributed by atoms with Gasteiger partial charge in [-0.2, -0.15) is 4.31 Å². The molecule has 0 unspecified atom stereocenters. The van der Waals surface area contributed by atoms with Crippen molar-refractivity contribution in [2.45, 2.75) is 25.1 Å². The van der Waals surface area contributed by atoms with E-state index in [1.165, 1.54) is 24.3 Å². The molecule has 1 fully saturated rings. The number of nitrogens with one attached hydrogen (secondary N) is 1. The van der Waals surface area contributed by atoms with Crippen LogP contribution in [0.25, 0.3) is 0 Å². The van der Waals surface area contributed by atoms with Gasteiger partial charge in [-0.3, -0.25) is 4.79 Å². The molecule has 1 aliphatic heterocycles. The Balaban J connectivity index is 1.97. The molecule has 0 bridgehead atoms. The average Bonchev–Trinajstić information content (AvgIpc) is 2.85. The first-order valence-electron chi connectivity index (χ1n) is 7.83. The molecule has 140 valence electrons. The minimum atomic E-state index is -3.76. The van der Waals surface area contributed by atoms with E-state index in [4.69, 9.17) is 0 Å². The van der Waals surface area contributed by atoms with Gasteiger partial charge in [-0.25, -0.2) is 21.2 Å². The van der Waals surface area contributed by atoms with Crippen LogP contribution >= 0.6 is 0 Å². The number of amides is 1. The van der Waals surface area contributed by atoms with Gasteiger partial charge >= 0.3 is 0 Å². The molecule has 7 nitrogen and oxygen atoms in total. The average molecular weight is 392 g/mol. The Kier molecular flexibility index (Phi) is 6.17. The van der Waals surface area contributed by atoms with Gasteiger partial charge in [0.05, 0.1) is 23.8 Å². The first kappa shape index (κ1) is 19.8. The lowest BCUT2D eigenvalue weighted by Gasteiger charge is -2.21. The zero-order chi connectivity index (χ0) is 18.7. The van der Waals surface area contributed by atoms with Crippen molar-refractivity contribution in [2.24, 2.45) is 0 Å². The highest BCUT2D eigenvalue weighted by atomic mass is 32.2. The molecule has 1 N–H and O–H groups in total. The highest BCUT2D eigenvalue weighted by Crippen LogP contribution is 2.13. The summed E-state index contributed by atoms with van der Waals surface area (Å²) in [5, 5.41) is 2.57. The summed E-state index contributed by atoms with van der Waals surface area (Å²) in [5.74, 6) is -1.43. The third-order valence-electron chi connectivity index (χ3n) is 3.93. The number of benzene rings is 1. The molecule has 1 saturated heterocycles. The SMILES string of the molecule is CCN(CC(=O)N[C@H]1CCS(=O)(=O)C1)S(=O)(=O)Cc1ccc(F)cc1. The largest absolute Gasteiger partial charge is 0.351 e. The predicted octanol–water partition coefficient (Wildman–Crippen LogP) is 0.281. The van der Waals surface area contributed by atoms with Crippen molar-refractivity contribution in [3.63, 3.8) is 0 Å². The molecule has 0 aliphatic carbocycles. The Hall–Kier alpha value is -1.52. The summed E-state index contributed by atoms with van der Waals surface area (Å²) in [5.41, 5.74) is 0.419. The lowest BCUT2D eigenvalue weighted by Crippen LogP contribution is -2.44. The van der Waals surface area contributed by atoms with E-state index in [1.54, 1.807) is 6.92 Å². The van der Waals surface area contributed by atoms with E-state index in [9.17, 15) is 26.0 Å². The van der Waals surface area contributed by atoms with Gasteiger partial charge in [-0.15, -0.1) is 0 Å². The van der Waals surface area contributed by atoms with Crippen LogP contribution in [0.3, 0.4) is 0 Å². The lowest BCUT2D eigenvalue weighted by atomic mass is 10.2. The lowest BCUT2D eigenvalue weighted by molar-refractivity contribution is -0.121. The maximum atomic E-state index is 12.9. The van der Waals surface area contributed by atoms with Crippen molar-refractivity contribution in [1.29, 1.82) is 0 Å². The van der Waals surface area contributed by atoms with Gasteiger partial charge in [0.15, 0.2) is 9.84 Å². The molecule has 10 heteroatoms. The van der Waals surface area contributed by atoms with Crippen LogP contribution in [0.4, 0.5) is 4.39 Å². The molecule has 0 radical (unpaired) electrons. The molecule has 1 aromatic carbocycles. The first-order chi connectivity index (χ1) is 11.6. The predicted molar refractivity (Wildman–Crippen MR) is 91.5 cm³/mol. The van der Waals surface area contributed by atoms with Gasteiger partial charge < -0.3 is 5.32 Å². The second-order valence-corrected chi connectivity index (χ2v) is 10.2. The van der Waals surface area contributed by atoms with Crippen LogP contribution < -0.4 is 5.32 Å². The minimum absolute atomic E-state index is 0.0261. The van der Waals surface area contributed by atoms with Crippen LogP contribution in [0.2, 0.25) is 0 Å². The van der Waals surface area contributed by atoms with E-state index in [0.29, 0.717) is 12.0 Å². The van der Waals surface area contributed by atoms with E-state index < -0.39 is 37.6 Å². The number of hydrogen-bond acceptors (Lipinski definition) is 5. The zero-order valence-electron chi connectivity index (χ0n) is 13.8. The van der Waals surface area contributed by atoms with E-state index in [0.717, 1.165) is 4.31 Å². The van der Waals surface area contributed by atoms with E-state index in [1.807, 2.05) is 0 Å². The maximum Gasteiger partial charge on any atom is 0.235 e. The third-order valence-corrected chi connectivity index (χ3v) is 7.57. The molecule has 1 heterocycles. The summed E-state index contributed by atoms with van der Waals surface area (Å²) in [4.78, 5) is 12.1. The number of likely N-dealkylation sites (N-methyl/N-ethyl adjacent to an activating group) is 1. The monoisotopic (exact) mass is 392 g/mol. The third kappa shape index (κ3) is 5.75.